The molecule has 1 aliphatic carbocycles. The summed E-state index contributed by atoms with van der Waals surface area (Å²) in [5.74, 6) is 1.09. The van der Waals surface area contributed by atoms with Crippen molar-refractivity contribution in [2.24, 2.45) is 17.3 Å². The summed E-state index contributed by atoms with van der Waals surface area (Å²) in [6, 6.07) is 0. The Morgan fingerprint density at radius 3 is 2.16 bits per heavy atom. The summed E-state index contributed by atoms with van der Waals surface area (Å²) in [5, 5.41) is 0. The lowest BCUT2D eigenvalue weighted by Gasteiger charge is -2.40. The summed E-state index contributed by atoms with van der Waals surface area (Å²) in [5.41, 5.74) is -0.727. The highest BCUT2D eigenvalue weighted by molar-refractivity contribution is 5.76. The smallest absolute Gasteiger partial charge is 0.312 e. The Hall–Kier alpha value is -0.530. The first-order valence-electron chi connectivity index (χ1n) is 7.94. The van der Waals surface area contributed by atoms with Crippen LogP contribution in [0.4, 0.5) is 0 Å². The molecule has 0 aromatic carbocycles. The highest BCUT2D eigenvalue weighted by Crippen LogP contribution is 2.38. The Bertz CT molecular complexity index is 298. The van der Waals surface area contributed by atoms with Crippen LogP contribution in [0.25, 0.3) is 0 Å². The van der Waals surface area contributed by atoms with Crippen LogP contribution in [0.3, 0.4) is 0 Å². The minimum absolute atomic E-state index is 0.0531. The van der Waals surface area contributed by atoms with Crippen LogP contribution < -0.4 is 0 Å². The maximum absolute atomic E-state index is 12.3. The largest absolute Gasteiger partial charge is 0.459 e. The van der Waals surface area contributed by atoms with Crippen LogP contribution in [0.5, 0.6) is 0 Å². The van der Waals surface area contributed by atoms with E-state index < -0.39 is 0 Å². The van der Waals surface area contributed by atoms with E-state index in [1.165, 1.54) is 32.1 Å². The van der Waals surface area contributed by atoms with Crippen molar-refractivity contribution in [3.63, 3.8) is 0 Å². The summed E-state index contributed by atoms with van der Waals surface area (Å²) in [4.78, 5) is 12.3. The predicted molar refractivity (Wildman–Crippen MR) is 80.0 cm³/mol. The van der Waals surface area contributed by atoms with Gasteiger partial charge in [0.05, 0.1) is 5.41 Å². The second kappa shape index (κ2) is 6.28. The highest BCUT2D eigenvalue weighted by Gasteiger charge is 2.39. The Balaban J connectivity index is 2.66. The van der Waals surface area contributed by atoms with E-state index in [4.69, 9.17) is 4.74 Å². The molecule has 0 radical (unpaired) electrons. The van der Waals surface area contributed by atoms with Crippen molar-refractivity contribution >= 4 is 5.97 Å². The number of rotatable bonds is 5. The number of hydrogen-bond acceptors (Lipinski definition) is 2. The summed E-state index contributed by atoms with van der Waals surface area (Å²) in [6.07, 6.45) is 7.43. The zero-order valence-corrected chi connectivity index (χ0v) is 13.7. The van der Waals surface area contributed by atoms with E-state index in [1.807, 2.05) is 20.8 Å². The van der Waals surface area contributed by atoms with Gasteiger partial charge in [0.25, 0.3) is 0 Å². The van der Waals surface area contributed by atoms with Crippen molar-refractivity contribution in [2.45, 2.75) is 85.7 Å². The van der Waals surface area contributed by atoms with Crippen molar-refractivity contribution in [1.29, 1.82) is 0 Å². The van der Waals surface area contributed by atoms with Gasteiger partial charge in [-0.05, 0) is 46.0 Å². The van der Waals surface area contributed by atoms with Gasteiger partial charge in [-0.15, -0.1) is 0 Å². The molecule has 1 saturated carbocycles. The van der Waals surface area contributed by atoms with Crippen molar-refractivity contribution in [2.75, 3.05) is 0 Å². The lowest BCUT2D eigenvalue weighted by atomic mass is 9.74. The Labute approximate surface area is 119 Å². The minimum atomic E-state index is -0.371. The van der Waals surface area contributed by atoms with Gasteiger partial charge in [0.2, 0.25) is 0 Å². The molecular weight excluding hydrogens is 236 g/mol. The Kier molecular flexibility index (Phi) is 5.46. The molecule has 1 aliphatic rings. The maximum atomic E-state index is 12.3. The zero-order chi connectivity index (χ0) is 14.7. The van der Waals surface area contributed by atoms with Gasteiger partial charge in [-0.25, -0.2) is 0 Å². The monoisotopic (exact) mass is 268 g/mol. The Morgan fingerprint density at radius 1 is 1.16 bits per heavy atom. The van der Waals surface area contributed by atoms with E-state index in [1.54, 1.807) is 0 Å². The summed E-state index contributed by atoms with van der Waals surface area (Å²) >= 11 is 0. The molecule has 0 aromatic rings. The molecule has 0 bridgehead atoms. The average Bonchev–Trinajstić information content (AvgIpc) is 2.38. The molecule has 0 N–H and O–H groups in total. The molecule has 0 saturated heterocycles. The third kappa shape index (κ3) is 4.22. The fraction of sp³-hybridized carbons (Fsp3) is 0.941. The number of hydrogen-bond donors (Lipinski definition) is 0. The molecule has 112 valence electrons. The van der Waals surface area contributed by atoms with E-state index >= 15 is 0 Å². The molecule has 19 heavy (non-hydrogen) atoms. The number of ether oxygens (including phenoxy) is 1. The van der Waals surface area contributed by atoms with E-state index in [-0.39, 0.29) is 17.0 Å². The first kappa shape index (κ1) is 16.5. The molecule has 0 heterocycles. The molecule has 0 aromatic heterocycles. The van der Waals surface area contributed by atoms with Gasteiger partial charge in [-0.2, -0.15) is 0 Å². The zero-order valence-electron chi connectivity index (χ0n) is 13.7. The molecule has 0 amide bonds. The van der Waals surface area contributed by atoms with Crippen molar-refractivity contribution in [3.05, 3.63) is 0 Å². The second-order valence-electron chi connectivity index (χ2n) is 7.42. The lowest BCUT2D eigenvalue weighted by molar-refractivity contribution is -0.174. The topological polar surface area (TPSA) is 26.3 Å². The van der Waals surface area contributed by atoms with Gasteiger partial charge in [0.1, 0.15) is 5.60 Å². The lowest BCUT2D eigenvalue weighted by Crippen LogP contribution is -2.42. The first-order valence-corrected chi connectivity index (χ1v) is 7.94. The fourth-order valence-electron chi connectivity index (χ4n) is 2.82. The number of esters is 1. The third-order valence-corrected chi connectivity index (χ3v) is 5.25. The van der Waals surface area contributed by atoms with Gasteiger partial charge in [-0.1, -0.05) is 46.0 Å². The van der Waals surface area contributed by atoms with Gasteiger partial charge in [0.15, 0.2) is 0 Å². The quantitative estimate of drug-likeness (QED) is 0.659. The molecule has 1 atom stereocenters. The standard InChI is InChI=1S/C17H32O2/c1-7-16(3,4)15(18)19-17(5,6)13(2)14-11-9-8-10-12-14/h13-14H,7-12H2,1-6H3. The van der Waals surface area contributed by atoms with Crippen molar-refractivity contribution in [3.8, 4) is 0 Å². The van der Waals surface area contributed by atoms with Gasteiger partial charge in [0, 0.05) is 0 Å². The van der Waals surface area contributed by atoms with Crippen LogP contribution >= 0.6 is 0 Å². The van der Waals surface area contributed by atoms with E-state index in [2.05, 4.69) is 20.8 Å². The van der Waals surface area contributed by atoms with Crippen LogP contribution in [0, 0.1) is 17.3 Å². The normalized spacial score (nSPS) is 20.1. The third-order valence-electron chi connectivity index (χ3n) is 5.25. The molecule has 1 unspecified atom stereocenters. The van der Waals surface area contributed by atoms with E-state index in [9.17, 15) is 4.79 Å². The molecule has 1 rings (SSSR count). The molecule has 0 spiro atoms. The second-order valence-corrected chi connectivity index (χ2v) is 7.42. The van der Waals surface area contributed by atoms with Crippen LogP contribution in [-0.2, 0) is 9.53 Å². The van der Waals surface area contributed by atoms with E-state index in [0.29, 0.717) is 11.8 Å². The summed E-state index contributed by atoms with van der Waals surface area (Å²) < 4.78 is 5.87. The van der Waals surface area contributed by atoms with Crippen LogP contribution in [-0.4, -0.2) is 11.6 Å². The van der Waals surface area contributed by atoms with Crippen LogP contribution in [0.15, 0.2) is 0 Å². The van der Waals surface area contributed by atoms with E-state index in [0.717, 1.165) is 6.42 Å². The van der Waals surface area contributed by atoms with Gasteiger partial charge >= 0.3 is 5.97 Å². The van der Waals surface area contributed by atoms with Crippen LogP contribution in [0.1, 0.15) is 80.1 Å². The Morgan fingerprint density at radius 2 is 1.68 bits per heavy atom. The molecule has 2 heteroatoms. The maximum Gasteiger partial charge on any atom is 0.312 e. The van der Waals surface area contributed by atoms with Crippen molar-refractivity contribution < 1.29 is 9.53 Å². The molecular formula is C17H32O2. The first-order chi connectivity index (χ1) is 8.70. The minimum Gasteiger partial charge on any atom is -0.459 e. The molecule has 2 nitrogen and oxygen atoms in total. The van der Waals surface area contributed by atoms with Crippen molar-refractivity contribution in [1.82, 2.24) is 0 Å². The van der Waals surface area contributed by atoms with Gasteiger partial charge in [-0.3, -0.25) is 4.79 Å². The number of carbonyl (C=O) groups excluding carboxylic acids is 1. The SMILES string of the molecule is CCC(C)(C)C(=O)OC(C)(C)C(C)C1CCCCC1. The number of carbonyl (C=O) groups is 1. The predicted octanol–water partition coefficient (Wildman–Crippen LogP) is 4.96. The van der Waals surface area contributed by atoms with Gasteiger partial charge < -0.3 is 4.74 Å². The molecule has 1 fully saturated rings. The van der Waals surface area contributed by atoms with Crippen LogP contribution in [0.2, 0.25) is 0 Å². The fourth-order valence-corrected chi connectivity index (χ4v) is 2.82. The summed E-state index contributed by atoms with van der Waals surface area (Å²) in [7, 11) is 0. The average molecular weight is 268 g/mol. The summed E-state index contributed by atoms with van der Waals surface area (Å²) in [6.45, 7) is 12.4. The molecule has 0 aliphatic heterocycles. The highest BCUT2D eigenvalue weighted by atomic mass is 16.6.